The van der Waals surface area contributed by atoms with E-state index in [4.69, 9.17) is 5.84 Å². The maximum Gasteiger partial charge on any atom is 0.237 e. The number of nitrogens with one attached hydrogen (secondary N) is 2. The smallest absolute Gasteiger partial charge is 0.237 e. The Morgan fingerprint density at radius 2 is 2.15 bits per heavy atom. The molecule has 0 spiro atoms. The van der Waals surface area contributed by atoms with Gasteiger partial charge >= 0.3 is 0 Å². The van der Waals surface area contributed by atoms with Crippen molar-refractivity contribution in [1.82, 2.24) is 15.6 Å². The van der Waals surface area contributed by atoms with Gasteiger partial charge in [0.25, 0.3) is 0 Å². The molecule has 0 radical (unpaired) electrons. The summed E-state index contributed by atoms with van der Waals surface area (Å²) < 4.78 is 27.1. The Labute approximate surface area is 153 Å². The first kappa shape index (κ1) is 19.6. The Balaban J connectivity index is 1.95. The van der Waals surface area contributed by atoms with E-state index in [1.165, 1.54) is 17.4 Å². The molecule has 1 atom stereocenters. The fourth-order valence-electron chi connectivity index (χ4n) is 2.05. The van der Waals surface area contributed by atoms with Gasteiger partial charge in [0.1, 0.15) is 5.69 Å². The molecule has 138 valence electrons. The molecule has 0 saturated carbocycles. The molecule has 1 amide bonds. The van der Waals surface area contributed by atoms with Crippen molar-refractivity contribution in [2.24, 2.45) is 15.9 Å². The van der Waals surface area contributed by atoms with Gasteiger partial charge in [-0.1, -0.05) is 6.07 Å². The zero-order valence-electron chi connectivity index (χ0n) is 13.9. The van der Waals surface area contributed by atoms with Gasteiger partial charge in [0.15, 0.2) is 11.6 Å². The second-order valence-electron chi connectivity index (χ2n) is 5.19. The molecule has 1 unspecified atom stereocenters. The van der Waals surface area contributed by atoms with Crippen molar-refractivity contribution < 1.29 is 13.6 Å². The summed E-state index contributed by atoms with van der Waals surface area (Å²) in [4.78, 5) is 20.1. The van der Waals surface area contributed by atoms with E-state index in [1.54, 1.807) is 12.6 Å². The maximum atomic E-state index is 13.5. The molecule has 0 aliphatic rings. The normalized spacial score (nSPS) is 13.1. The van der Waals surface area contributed by atoms with Crippen molar-refractivity contribution in [3.8, 4) is 0 Å². The fourth-order valence-corrected chi connectivity index (χ4v) is 2.62. The summed E-state index contributed by atoms with van der Waals surface area (Å²) in [5.41, 5.74) is 2.20. The van der Waals surface area contributed by atoms with E-state index in [0.29, 0.717) is 6.42 Å². The van der Waals surface area contributed by atoms with E-state index in [0.717, 1.165) is 24.0 Å². The highest BCUT2D eigenvalue weighted by Gasteiger charge is 2.18. The molecule has 0 fully saturated rings. The van der Waals surface area contributed by atoms with Crippen LogP contribution in [0.5, 0.6) is 0 Å². The minimum atomic E-state index is -0.805. The number of carbonyl (C=O) groups excluding carboxylic acids is 1. The summed E-state index contributed by atoms with van der Waals surface area (Å²) in [5.74, 6) is 3.36. The third-order valence-corrected chi connectivity index (χ3v) is 4.09. The third-order valence-electron chi connectivity index (χ3n) is 3.45. The fraction of sp³-hybridized carbons (Fsp3) is 0.250. The number of hydrazone groups is 1. The Bertz CT molecular complexity index is 774. The van der Waals surface area contributed by atoms with Crippen LogP contribution in [0.2, 0.25) is 0 Å². The highest BCUT2D eigenvalue weighted by Crippen LogP contribution is 2.20. The summed E-state index contributed by atoms with van der Waals surface area (Å²) in [6.45, 7) is -0.0375. The van der Waals surface area contributed by atoms with Crippen LogP contribution in [-0.2, 0) is 11.2 Å². The summed E-state index contributed by atoms with van der Waals surface area (Å²) in [6, 6.07) is 2.93. The molecule has 0 saturated heterocycles. The van der Waals surface area contributed by atoms with Crippen molar-refractivity contribution in [2.75, 3.05) is 13.6 Å². The van der Waals surface area contributed by atoms with Crippen molar-refractivity contribution in [3.63, 3.8) is 0 Å². The van der Waals surface area contributed by atoms with Crippen molar-refractivity contribution in [3.05, 3.63) is 46.4 Å². The quantitative estimate of drug-likeness (QED) is 0.366. The lowest BCUT2D eigenvalue weighted by Crippen LogP contribution is -2.45. The van der Waals surface area contributed by atoms with E-state index in [9.17, 15) is 13.6 Å². The predicted octanol–water partition coefficient (Wildman–Crippen LogP) is 1.39. The topological polar surface area (TPSA) is 105 Å². The third kappa shape index (κ3) is 5.39. The summed E-state index contributed by atoms with van der Waals surface area (Å²) in [5, 5.41) is 10.9. The molecule has 10 heteroatoms. The standard InChI is InChI=1S/C16H18F2N6OS/c1-20-14(5-10-8-26-9-23-10)16(25)22-7-11(24-19)6-21-15-12(17)3-2-4-13(15)18/h2-4,6,8-9,14,20H,5,7,19H2,1H3,(H,22,25). The van der Waals surface area contributed by atoms with Crippen molar-refractivity contribution in [2.45, 2.75) is 12.5 Å². The first-order valence-corrected chi connectivity index (χ1v) is 8.56. The van der Waals surface area contributed by atoms with Gasteiger partial charge in [-0.25, -0.2) is 18.8 Å². The molecular weight excluding hydrogens is 362 g/mol. The highest BCUT2D eigenvalue weighted by atomic mass is 32.1. The number of nitrogens with zero attached hydrogens (tertiary/aromatic N) is 3. The van der Waals surface area contributed by atoms with E-state index in [2.05, 4.69) is 25.7 Å². The van der Waals surface area contributed by atoms with Gasteiger partial charge in [0.05, 0.1) is 35.7 Å². The Morgan fingerprint density at radius 1 is 1.42 bits per heavy atom. The van der Waals surface area contributed by atoms with Gasteiger partial charge in [-0.3, -0.25) is 4.79 Å². The lowest BCUT2D eigenvalue weighted by atomic mass is 10.1. The molecule has 2 aromatic rings. The monoisotopic (exact) mass is 380 g/mol. The zero-order valence-corrected chi connectivity index (χ0v) is 14.8. The number of hydrogen-bond acceptors (Lipinski definition) is 7. The van der Waals surface area contributed by atoms with Gasteiger partial charge < -0.3 is 16.5 Å². The van der Waals surface area contributed by atoms with Crippen LogP contribution in [0.25, 0.3) is 0 Å². The van der Waals surface area contributed by atoms with E-state index in [-0.39, 0.29) is 18.2 Å². The van der Waals surface area contributed by atoms with Crippen LogP contribution in [0, 0.1) is 11.6 Å². The molecule has 1 aromatic carbocycles. The second-order valence-corrected chi connectivity index (χ2v) is 5.91. The van der Waals surface area contributed by atoms with Gasteiger partial charge in [0, 0.05) is 11.8 Å². The van der Waals surface area contributed by atoms with Gasteiger partial charge in [0.2, 0.25) is 5.91 Å². The SMILES string of the molecule is CNC(Cc1cscn1)C(=O)NCC(C=Nc1c(F)cccc1F)=NN. The number of likely N-dealkylation sites (N-methyl/N-ethyl adjacent to an activating group) is 1. The molecule has 0 aliphatic carbocycles. The van der Waals surface area contributed by atoms with Gasteiger partial charge in [-0.2, -0.15) is 5.10 Å². The minimum Gasteiger partial charge on any atom is -0.349 e. The van der Waals surface area contributed by atoms with Crippen LogP contribution in [-0.4, -0.2) is 42.5 Å². The number of carbonyl (C=O) groups is 1. The number of halogens is 2. The molecule has 2 rings (SSSR count). The Hall–Kier alpha value is -2.72. The largest absolute Gasteiger partial charge is 0.349 e. The number of amides is 1. The molecule has 1 heterocycles. The summed E-state index contributed by atoms with van der Waals surface area (Å²) in [7, 11) is 1.66. The maximum absolute atomic E-state index is 13.5. The van der Waals surface area contributed by atoms with E-state index >= 15 is 0 Å². The molecule has 7 nitrogen and oxygen atoms in total. The van der Waals surface area contributed by atoms with Gasteiger partial charge in [-0.05, 0) is 19.2 Å². The molecular formula is C16H18F2N6OS. The molecule has 1 aromatic heterocycles. The summed E-state index contributed by atoms with van der Waals surface area (Å²) >= 11 is 1.45. The molecule has 0 bridgehead atoms. The predicted molar refractivity (Wildman–Crippen MR) is 97.8 cm³/mol. The summed E-state index contributed by atoms with van der Waals surface area (Å²) in [6.07, 6.45) is 1.53. The average Bonchev–Trinajstić information content (AvgIpc) is 3.14. The first-order chi connectivity index (χ1) is 12.5. The van der Waals surface area contributed by atoms with E-state index in [1.807, 2.05) is 5.38 Å². The van der Waals surface area contributed by atoms with Crippen LogP contribution < -0.4 is 16.5 Å². The number of aliphatic imine (C=N–C) groups is 1. The first-order valence-electron chi connectivity index (χ1n) is 7.62. The van der Waals surface area contributed by atoms with Crippen LogP contribution >= 0.6 is 11.3 Å². The van der Waals surface area contributed by atoms with Gasteiger partial charge in [-0.15, -0.1) is 11.3 Å². The number of rotatable bonds is 8. The number of hydrogen-bond donors (Lipinski definition) is 3. The lowest BCUT2D eigenvalue weighted by Gasteiger charge is -2.14. The lowest BCUT2D eigenvalue weighted by molar-refractivity contribution is -0.122. The highest BCUT2D eigenvalue weighted by molar-refractivity contribution is 7.07. The number of para-hydroxylation sites is 1. The average molecular weight is 380 g/mol. The van der Waals surface area contributed by atoms with Crippen LogP contribution in [0.1, 0.15) is 5.69 Å². The van der Waals surface area contributed by atoms with Crippen molar-refractivity contribution in [1.29, 1.82) is 0 Å². The second kappa shape index (κ2) is 9.68. The number of benzene rings is 1. The number of thiazole rings is 1. The Kier molecular flexibility index (Phi) is 7.30. The van der Waals surface area contributed by atoms with Crippen LogP contribution in [0.3, 0.4) is 0 Å². The van der Waals surface area contributed by atoms with Crippen LogP contribution in [0.4, 0.5) is 14.5 Å². The minimum absolute atomic E-state index is 0.0375. The molecule has 0 aliphatic heterocycles. The molecule has 26 heavy (non-hydrogen) atoms. The zero-order chi connectivity index (χ0) is 18.9. The van der Waals surface area contributed by atoms with E-state index < -0.39 is 23.4 Å². The number of nitrogens with two attached hydrogens (primary N) is 1. The Morgan fingerprint density at radius 3 is 2.73 bits per heavy atom. The molecule has 4 N–H and O–H groups in total. The van der Waals surface area contributed by atoms with Crippen molar-refractivity contribution >= 4 is 34.9 Å². The number of aromatic nitrogens is 1. The van der Waals surface area contributed by atoms with Crippen LogP contribution in [0.15, 0.2) is 39.2 Å².